The summed E-state index contributed by atoms with van der Waals surface area (Å²) in [4.78, 5) is 21.4. The van der Waals surface area contributed by atoms with Crippen LogP contribution in [0, 0.1) is 20.2 Å². The third kappa shape index (κ3) is 3.86. The number of non-ortho nitro benzene ring substituents is 2. The lowest BCUT2D eigenvalue weighted by Crippen LogP contribution is -2.29. The first-order chi connectivity index (χ1) is 8.99. The van der Waals surface area contributed by atoms with Gasteiger partial charge in [-0.3, -0.25) is 20.2 Å². The summed E-state index contributed by atoms with van der Waals surface area (Å²) in [5.74, 6) is 0. The van der Waals surface area contributed by atoms with Crippen molar-refractivity contribution in [2.24, 2.45) is 0 Å². The van der Waals surface area contributed by atoms with E-state index in [4.69, 9.17) is 10.2 Å². The number of nitro benzene ring substituents is 2. The summed E-state index contributed by atoms with van der Waals surface area (Å²) in [6, 6.07) is 3.19. The number of nitrogens with zero attached hydrogens (tertiary/aromatic N) is 3. The smallest absolute Gasteiger partial charge is 0.278 e. The molecule has 0 saturated carbocycles. The van der Waals surface area contributed by atoms with Crippen molar-refractivity contribution in [1.29, 1.82) is 0 Å². The number of hydrogen-bond donors (Lipinski definition) is 2. The minimum Gasteiger partial charge on any atom is -0.395 e. The lowest BCUT2D eigenvalue weighted by Gasteiger charge is -2.22. The van der Waals surface area contributed by atoms with E-state index in [1.54, 1.807) is 0 Å². The number of aliphatic hydroxyl groups is 2. The highest BCUT2D eigenvalue weighted by molar-refractivity contribution is 5.60. The van der Waals surface area contributed by atoms with E-state index >= 15 is 0 Å². The number of nitro groups is 2. The lowest BCUT2D eigenvalue weighted by atomic mass is 10.2. The number of benzene rings is 1. The van der Waals surface area contributed by atoms with Crippen LogP contribution in [-0.4, -0.2) is 46.4 Å². The van der Waals surface area contributed by atoms with Gasteiger partial charge in [0.05, 0.1) is 34.8 Å². The van der Waals surface area contributed by atoms with Crippen LogP contribution in [0.5, 0.6) is 0 Å². The molecule has 2 N–H and O–H groups in total. The zero-order chi connectivity index (χ0) is 14.4. The standard InChI is InChI=1S/C10H13N3O6/c14-3-1-11(2-4-15)8-5-9(12(16)17)7-10(6-8)13(18)19/h5-7,14-15H,1-4H2. The second-order valence-corrected chi connectivity index (χ2v) is 3.66. The number of rotatable bonds is 7. The van der Waals surface area contributed by atoms with E-state index in [2.05, 4.69) is 0 Å². The fourth-order valence-electron chi connectivity index (χ4n) is 1.58. The van der Waals surface area contributed by atoms with Crippen LogP contribution in [-0.2, 0) is 0 Å². The molecule has 0 aromatic heterocycles. The minimum absolute atomic E-state index is 0.110. The van der Waals surface area contributed by atoms with Gasteiger partial charge in [0, 0.05) is 25.2 Å². The van der Waals surface area contributed by atoms with Crippen LogP contribution in [0.4, 0.5) is 17.1 Å². The van der Waals surface area contributed by atoms with Gasteiger partial charge in [0.15, 0.2) is 0 Å². The van der Waals surface area contributed by atoms with Crippen molar-refractivity contribution in [2.45, 2.75) is 0 Å². The third-order valence-electron chi connectivity index (χ3n) is 2.41. The summed E-state index contributed by atoms with van der Waals surface area (Å²) in [5, 5.41) is 39.2. The molecule has 104 valence electrons. The Morgan fingerprint density at radius 1 is 0.947 bits per heavy atom. The zero-order valence-corrected chi connectivity index (χ0v) is 9.93. The molecule has 0 aliphatic rings. The van der Waals surface area contributed by atoms with Gasteiger partial charge in [-0.1, -0.05) is 0 Å². The SMILES string of the molecule is O=[N+]([O-])c1cc(N(CCO)CCO)cc([N+](=O)[O-])c1. The Labute approximate surface area is 108 Å². The Kier molecular flexibility index (Phi) is 5.15. The first-order valence-electron chi connectivity index (χ1n) is 5.40. The molecular weight excluding hydrogens is 258 g/mol. The second-order valence-electron chi connectivity index (χ2n) is 3.66. The van der Waals surface area contributed by atoms with E-state index in [0.29, 0.717) is 0 Å². The van der Waals surface area contributed by atoms with Crippen LogP contribution in [0.25, 0.3) is 0 Å². The van der Waals surface area contributed by atoms with E-state index in [-0.39, 0.29) is 32.0 Å². The molecule has 0 fully saturated rings. The summed E-state index contributed by atoms with van der Waals surface area (Å²) < 4.78 is 0. The van der Waals surface area contributed by atoms with Crippen LogP contribution >= 0.6 is 0 Å². The highest BCUT2D eigenvalue weighted by Gasteiger charge is 2.19. The maximum Gasteiger partial charge on any atom is 0.278 e. The maximum absolute atomic E-state index is 10.7. The molecule has 0 heterocycles. The van der Waals surface area contributed by atoms with Gasteiger partial charge in [0.2, 0.25) is 0 Å². The van der Waals surface area contributed by atoms with Crippen molar-refractivity contribution < 1.29 is 20.1 Å². The molecule has 1 rings (SSSR count). The largest absolute Gasteiger partial charge is 0.395 e. The maximum atomic E-state index is 10.7. The van der Waals surface area contributed by atoms with E-state index in [1.165, 1.54) is 17.0 Å². The summed E-state index contributed by atoms with van der Waals surface area (Å²) in [6.07, 6.45) is 0. The quantitative estimate of drug-likeness (QED) is 0.538. The molecule has 0 amide bonds. The van der Waals surface area contributed by atoms with E-state index in [0.717, 1.165) is 6.07 Å². The molecule has 0 aliphatic heterocycles. The Hall–Kier alpha value is -2.26. The van der Waals surface area contributed by atoms with E-state index in [1.807, 2.05) is 0 Å². The first-order valence-corrected chi connectivity index (χ1v) is 5.40. The van der Waals surface area contributed by atoms with Crippen LogP contribution in [0.1, 0.15) is 0 Å². The number of hydrogen-bond acceptors (Lipinski definition) is 7. The fraction of sp³-hybridized carbons (Fsp3) is 0.400. The summed E-state index contributed by atoms with van der Waals surface area (Å²) in [5.41, 5.74) is -0.612. The van der Waals surface area contributed by atoms with Gasteiger partial charge in [-0.2, -0.15) is 0 Å². The van der Waals surface area contributed by atoms with Gasteiger partial charge in [0.1, 0.15) is 0 Å². The molecule has 0 unspecified atom stereocenters. The summed E-state index contributed by atoms with van der Waals surface area (Å²) >= 11 is 0. The second kappa shape index (κ2) is 6.61. The van der Waals surface area contributed by atoms with Gasteiger partial charge in [-0.05, 0) is 0 Å². The molecule has 1 aromatic rings. The molecule has 0 radical (unpaired) electrons. The highest BCUT2D eigenvalue weighted by Crippen LogP contribution is 2.28. The number of aliphatic hydroxyl groups excluding tert-OH is 2. The molecular formula is C10H13N3O6. The Balaban J connectivity index is 3.23. The highest BCUT2D eigenvalue weighted by atomic mass is 16.6. The Bertz CT molecular complexity index is 440. The zero-order valence-electron chi connectivity index (χ0n) is 9.93. The minimum atomic E-state index is -0.730. The van der Waals surface area contributed by atoms with Gasteiger partial charge in [-0.25, -0.2) is 0 Å². The van der Waals surface area contributed by atoms with E-state index in [9.17, 15) is 20.2 Å². The molecule has 0 atom stereocenters. The topological polar surface area (TPSA) is 130 Å². The van der Waals surface area contributed by atoms with Crippen molar-refractivity contribution in [3.63, 3.8) is 0 Å². The average Bonchev–Trinajstić information content (AvgIpc) is 2.37. The fourth-order valence-corrected chi connectivity index (χ4v) is 1.58. The van der Waals surface area contributed by atoms with Crippen molar-refractivity contribution in [3.05, 3.63) is 38.4 Å². The summed E-state index contributed by atoms with van der Waals surface area (Å²) in [6.45, 7) is -0.259. The predicted octanol–water partition coefficient (Wildman–Crippen LogP) is 0.294. The molecule has 0 spiro atoms. The van der Waals surface area contributed by atoms with Crippen LogP contribution in [0.15, 0.2) is 18.2 Å². The molecule has 1 aromatic carbocycles. The Morgan fingerprint density at radius 2 is 1.37 bits per heavy atom. The van der Waals surface area contributed by atoms with Crippen LogP contribution in [0.2, 0.25) is 0 Å². The van der Waals surface area contributed by atoms with Crippen LogP contribution in [0.3, 0.4) is 0 Å². The molecule has 19 heavy (non-hydrogen) atoms. The summed E-state index contributed by atoms with van der Waals surface area (Å²) in [7, 11) is 0. The van der Waals surface area contributed by atoms with Gasteiger partial charge < -0.3 is 15.1 Å². The van der Waals surface area contributed by atoms with Gasteiger partial charge >= 0.3 is 0 Å². The average molecular weight is 271 g/mol. The van der Waals surface area contributed by atoms with Crippen molar-refractivity contribution in [3.8, 4) is 0 Å². The van der Waals surface area contributed by atoms with Gasteiger partial charge in [-0.15, -0.1) is 0 Å². The lowest BCUT2D eigenvalue weighted by molar-refractivity contribution is -0.394. The molecule has 0 saturated heterocycles. The first kappa shape index (κ1) is 14.8. The molecule has 9 nitrogen and oxygen atoms in total. The third-order valence-corrected chi connectivity index (χ3v) is 2.41. The van der Waals surface area contributed by atoms with Crippen molar-refractivity contribution in [1.82, 2.24) is 0 Å². The normalized spacial score (nSPS) is 10.2. The van der Waals surface area contributed by atoms with Crippen molar-refractivity contribution in [2.75, 3.05) is 31.2 Å². The predicted molar refractivity (Wildman–Crippen MR) is 66.1 cm³/mol. The van der Waals surface area contributed by atoms with Crippen LogP contribution < -0.4 is 4.90 Å². The molecule has 9 heteroatoms. The molecule has 0 bridgehead atoms. The van der Waals surface area contributed by atoms with E-state index < -0.39 is 21.2 Å². The number of anilines is 1. The monoisotopic (exact) mass is 271 g/mol. The Morgan fingerprint density at radius 3 is 1.68 bits per heavy atom. The van der Waals surface area contributed by atoms with Gasteiger partial charge in [0.25, 0.3) is 11.4 Å². The van der Waals surface area contributed by atoms with Crippen molar-refractivity contribution >= 4 is 17.1 Å². The molecule has 0 aliphatic carbocycles.